The third kappa shape index (κ3) is 4.92. The van der Waals surface area contributed by atoms with Crippen LogP contribution < -0.4 is 0 Å². The lowest BCUT2D eigenvalue weighted by atomic mass is 9.88. The number of aryl methyl sites for hydroxylation is 1. The van der Waals surface area contributed by atoms with Gasteiger partial charge in [-0.05, 0) is 130 Å². The first kappa shape index (κ1) is 30.6. The molecule has 252 valence electrons. The minimum absolute atomic E-state index is 0.956. The molecule has 0 aliphatic rings. The zero-order chi connectivity index (χ0) is 35.8. The Kier molecular flexibility index (Phi) is 6.80. The summed E-state index contributed by atoms with van der Waals surface area (Å²) in [5.74, 6) is 0. The smallest absolute Gasteiger partial charge is 0.137 e. The first-order valence-corrected chi connectivity index (χ1v) is 18.6. The summed E-state index contributed by atoms with van der Waals surface area (Å²) in [6.45, 7) is 2.23. The number of hydrogen-bond donors (Lipinski definition) is 0. The van der Waals surface area contributed by atoms with E-state index in [4.69, 9.17) is 4.98 Å². The normalized spacial score (nSPS) is 11.8. The average Bonchev–Trinajstić information content (AvgIpc) is 3.67. The zero-order valence-electron chi connectivity index (χ0n) is 29.8. The number of nitrogens with zero attached hydrogens (tertiary/aromatic N) is 2. The molecule has 0 saturated carbocycles. The lowest BCUT2D eigenvalue weighted by molar-refractivity contribution is 1.19. The summed E-state index contributed by atoms with van der Waals surface area (Å²) < 4.78 is 2.06. The molecule has 0 fully saturated rings. The Labute approximate surface area is 313 Å². The van der Waals surface area contributed by atoms with Crippen LogP contribution in [0, 0.1) is 6.92 Å². The molecule has 0 atom stereocenters. The van der Waals surface area contributed by atoms with Crippen molar-refractivity contribution in [3.05, 3.63) is 194 Å². The molecule has 11 aromatic rings. The van der Waals surface area contributed by atoms with Gasteiger partial charge >= 0.3 is 0 Å². The Balaban J connectivity index is 0.958. The van der Waals surface area contributed by atoms with Gasteiger partial charge in [0.1, 0.15) is 5.65 Å². The van der Waals surface area contributed by atoms with Gasteiger partial charge in [0, 0.05) is 18.0 Å². The van der Waals surface area contributed by atoms with Gasteiger partial charge in [-0.3, -0.25) is 0 Å². The molecule has 2 heterocycles. The predicted molar refractivity (Wildman–Crippen MR) is 229 cm³/mol. The SMILES string of the molecule is Cc1cccc2ccc3cccc(-c4cccc5ccc6cc(-c7ccc8cc(-c9ccc(-c%10cn%11ccccc%11n%10)cc9)ccc8c7)ccc6c45)c3c12. The highest BCUT2D eigenvalue weighted by Gasteiger charge is 2.15. The molecule has 0 bridgehead atoms. The molecule has 2 aromatic heterocycles. The molecule has 0 unspecified atom stereocenters. The maximum atomic E-state index is 4.79. The molecule has 0 radical (unpaired) electrons. The topological polar surface area (TPSA) is 17.3 Å². The Morgan fingerprint density at radius 3 is 1.65 bits per heavy atom. The summed E-state index contributed by atoms with van der Waals surface area (Å²) in [6.07, 6.45) is 4.12. The van der Waals surface area contributed by atoms with Crippen molar-refractivity contribution in [3.8, 4) is 44.6 Å². The number of rotatable bonds is 4. The Morgan fingerprint density at radius 2 is 0.926 bits per heavy atom. The highest BCUT2D eigenvalue weighted by atomic mass is 15.0. The number of fused-ring (bicyclic) bond motifs is 8. The van der Waals surface area contributed by atoms with E-state index >= 15 is 0 Å². The maximum absolute atomic E-state index is 4.79. The summed E-state index contributed by atoms with van der Waals surface area (Å²) in [5, 5.41) is 12.8. The molecular weight excluding hydrogens is 653 g/mol. The van der Waals surface area contributed by atoms with Gasteiger partial charge < -0.3 is 4.40 Å². The second-order valence-corrected chi connectivity index (χ2v) is 14.5. The first-order valence-electron chi connectivity index (χ1n) is 18.6. The van der Waals surface area contributed by atoms with E-state index in [2.05, 4.69) is 175 Å². The van der Waals surface area contributed by atoms with Crippen LogP contribution in [0.3, 0.4) is 0 Å². The molecule has 0 saturated heterocycles. The molecule has 0 spiro atoms. The lowest BCUT2D eigenvalue weighted by Gasteiger charge is -2.16. The molecule has 0 N–H and O–H groups in total. The number of pyridine rings is 1. The van der Waals surface area contributed by atoms with Crippen molar-refractivity contribution >= 4 is 59.5 Å². The molecule has 0 aliphatic heterocycles. The number of hydrogen-bond acceptors (Lipinski definition) is 1. The quantitative estimate of drug-likeness (QED) is 0.168. The molecular formula is C52H34N2. The van der Waals surface area contributed by atoms with E-state index in [1.165, 1.54) is 92.8 Å². The molecule has 11 rings (SSSR count). The third-order valence-corrected chi connectivity index (χ3v) is 11.3. The molecule has 54 heavy (non-hydrogen) atoms. The lowest BCUT2D eigenvalue weighted by Crippen LogP contribution is -1.89. The van der Waals surface area contributed by atoms with Gasteiger partial charge in [-0.2, -0.15) is 0 Å². The average molecular weight is 687 g/mol. The minimum Gasteiger partial charge on any atom is -0.306 e. The highest BCUT2D eigenvalue weighted by molar-refractivity contribution is 6.21. The van der Waals surface area contributed by atoms with Crippen molar-refractivity contribution in [3.63, 3.8) is 0 Å². The predicted octanol–water partition coefficient (Wildman–Crippen LogP) is 14.1. The van der Waals surface area contributed by atoms with E-state index in [1.54, 1.807) is 0 Å². The van der Waals surface area contributed by atoms with Crippen LogP contribution in [0.25, 0.3) is 104 Å². The van der Waals surface area contributed by atoms with Crippen molar-refractivity contribution in [2.24, 2.45) is 0 Å². The van der Waals surface area contributed by atoms with Crippen LogP contribution in [0.5, 0.6) is 0 Å². The molecule has 0 amide bonds. The Hall–Kier alpha value is -7.03. The van der Waals surface area contributed by atoms with Crippen LogP contribution in [-0.2, 0) is 0 Å². The van der Waals surface area contributed by atoms with E-state index in [1.807, 2.05) is 24.4 Å². The highest BCUT2D eigenvalue weighted by Crippen LogP contribution is 2.42. The van der Waals surface area contributed by atoms with Gasteiger partial charge in [0.2, 0.25) is 0 Å². The second kappa shape index (κ2) is 12.0. The summed E-state index contributed by atoms with van der Waals surface area (Å²) in [5.41, 5.74) is 11.8. The summed E-state index contributed by atoms with van der Waals surface area (Å²) in [7, 11) is 0. The standard InChI is InChI=1S/C52H34N2/c1-33-7-4-8-36-18-19-38-10-6-12-47(52(38)50(33)36)46-11-5-9-37-20-25-44-31-43(26-27-45(44)51(37)46)42-24-23-40-29-39(21-22-41(40)30-42)34-14-16-35(17-15-34)48-32-54-28-3-2-13-49(54)53-48/h2-32H,1H3. The van der Waals surface area contributed by atoms with Crippen molar-refractivity contribution in [1.82, 2.24) is 9.38 Å². The fourth-order valence-corrected chi connectivity index (χ4v) is 8.60. The van der Waals surface area contributed by atoms with Crippen LogP contribution in [0.2, 0.25) is 0 Å². The van der Waals surface area contributed by atoms with Gasteiger partial charge in [-0.1, -0.05) is 146 Å². The maximum Gasteiger partial charge on any atom is 0.137 e. The van der Waals surface area contributed by atoms with Crippen LogP contribution in [0.15, 0.2) is 188 Å². The van der Waals surface area contributed by atoms with Crippen molar-refractivity contribution in [2.75, 3.05) is 0 Å². The van der Waals surface area contributed by atoms with Crippen molar-refractivity contribution < 1.29 is 0 Å². The minimum atomic E-state index is 0.956. The van der Waals surface area contributed by atoms with Gasteiger partial charge in [0.05, 0.1) is 5.69 Å². The van der Waals surface area contributed by atoms with Gasteiger partial charge in [-0.25, -0.2) is 4.98 Å². The third-order valence-electron chi connectivity index (χ3n) is 11.3. The largest absolute Gasteiger partial charge is 0.306 e. The number of imidazole rings is 1. The molecule has 2 heteroatoms. The summed E-state index contributed by atoms with van der Waals surface area (Å²) >= 11 is 0. The zero-order valence-corrected chi connectivity index (χ0v) is 29.8. The van der Waals surface area contributed by atoms with Gasteiger partial charge in [0.15, 0.2) is 0 Å². The van der Waals surface area contributed by atoms with Gasteiger partial charge in [-0.15, -0.1) is 0 Å². The van der Waals surface area contributed by atoms with Crippen molar-refractivity contribution in [2.45, 2.75) is 6.92 Å². The summed E-state index contributed by atoms with van der Waals surface area (Å²) in [4.78, 5) is 4.79. The summed E-state index contributed by atoms with van der Waals surface area (Å²) in [6, 6.07) is 64.6. The van der Waals surface area contributed by atoms with E-state index in [9.17, 15) is 0 Å². The monoisotopic (exact) mass is 686 g/mol. The van der Waals surface area contributed by atoms with E-state index in [0.717, 1.165) is 16.9 Å². The van der Waals surface area contributed by atoms with Crippen LogP contribution in [-0.4, -0.2) is 9.38 Å². The van der Waals surface area contributed by atoms with Crippen molar-refractivity contribution in [1.29, 1.82) is 0 Å². The van der Waals surface area contributed by atoms with E-state index in [-0.39, 0.29) is 0 Å². The number of aromatic nitrogens is 2. The first-order chi connectivity index (χ1) is 26.6. The van der Waals surface area contributed by atoms with Crippen LogP contribution in [0.1, 0.15) is 5.56 Å². The molecule has 0 aliphatic carbocycles. The molecule has 9 aromatic carbocycles. The van der Waals surface area contributed by atoms with Crippen LogP contribution in [0.4, 0.5) is 0 Å². The fourth-order valence-electron chi connectivity index (χ4n) is 8.60. The Morgan fingerprint density at radius 1 is 0.389 bits per heavy atom. The number of benzene rings is 9. The van der Waals surface area contributed by atoms with E-state index in [0.29, 0.717) is 0 Å². The fraction of sp³-hybridized carbons (Fsp3) is 0.0192. The van der Waals surface area contributed by atoms with E-state index < -0.39 is 0 Å². The Bertz CT molecular complexity index is 3240. The van der Waals surface area contributed by atoms with Gasteiger partial charge in [0.25, 0.3) is 0 Å². The molecule has 2 nitrogen and oxygen atoms in total. The van der Waals surface area contributed by atoms with Crippen LogP contribution >= 0.6 is 0 Å². The second-order valence-electron chi connectivity index (χ2n) is 14.5.